The molecule has 134 heavy (non-hydrogen) atoms. The van der Waals surface area contributed by atoms with Gasteiger partial charge in [0.2, 0.25) is 0 Å². The summed E-state index contributed by atoms with van der Waals surface area (Å²) in [5, 5.41) is 17.8. The monoisotopic (exact) mass is 1860 g/mol. The van der Waals surface area contributed by atoms with Crippen LogP contribution in [0, 0.1) is 48.5 Å². The van der Waals surface area contributed by atoms with Gasteiger partial charge in [0.25, 0.3) is 34.4 Å². The number of hydrogen-bond acceptors (Lipinski definition) is 20. The van der Waals surface area contributed by atoms with Gasteiger partial charge >= 0.3 is 18.5 Å². The molecule has 0 aliphatic carbocycles. The second-order valence-electron chi connectivity index (χ2n) is 34.2. The summed E-state index contributed by atoms with van der Waals surface area (Å²) in [5.41, 5.74) is 16.8. The van der Waals surface area contributed by atoms with Crippen molar-refractivity contribution in [3.05, 3.63) is 249 Å². The number of fused-ring (bicyclic) bond motifs is 3. The molecular weight excluding hydrogens is 1750 g/mol. The number of ether oxygens (including phenoxy) is 2. The first-order valence-electron chi connectivity index (χ1n) is 44.2. The molecular formula is C96H114F9N21O8. The fourth-order valence-electron chi connectivity index (χ4n) is 18.4. The minimum Gasteiger partial charge on any atom is -0.496 e. The number of anilines is 3. The first-order valence-corrected chi connectivity index (χ1v) is 44.2. The number of carbonyl (C=O) groups is 3. The van der Waals surface area contributed by atoms with Crippen molar-refractivity contribution in [1.29, 1.82) is 0 Å². The number of pyridine rings is 9. The van der Waals surface area contributed by atoms with Gasteiger partial charge < -0.3 is 69.5 Å². The molecule has 29 nitrogen and oxygen atoms in total. The summed E-state index contributed by atoms with van der Waals surface area (Å²) < 4.78 is 134. The average Bonchev–Trinajstić information content (AvgIpc) is 1.59. The maximum absolute atomic E-state index is 13.8. The number of amides is 3. The summed E-state index contributed by atoms with van der Waals surface area (Å²) in [6.07, 6.45) is -1.55. The first kappa shape index (κ1) is 98.6. The van der Waals surface area contributed by atoms with Gasteiger partial charge in [-0.1, -0.05) is 0 Å². The molecule has 3 saturated heterocycles. The van der Waals surface area contributed by atoms with Crippen LogP contribution in [-0.4, -0.2) is 242 Å². The summed E-state index contributed by atoms with van der Waals surface area (Å²) in [6, 6.07) is 27.6. The lowest BCUT2D eigenvalue weighted by Gasteiger charge is -2.39. The molecule has 3 amide bonds. The molecule has 15 rings (SSSR count). The number of methoxy groups -OCH3 is 2. The molecule has 714 valence electrons. The van der Waals surface area contributed by atoms with E-state index in [1.54, 1.807) is 65.7 Å². The highest BCUT2D eigenvalue weighted by Crippen LogP contribution is 2.40. The number of nitrogens with zero attached hydrogens (tertiary/aromatic N) is 12. The summed E-state index contributed by atoms with van der Waals surface area (Å²) in [6.45, 7) is 20.6. The molecule has 38 heteroatoms. The number of halogens is 9. The van der Waals surface area contributed by atoms with E-state index in [0.29, 0.717) is 135 Å². The van der Waals surface area contributed by atoms with E-state index in [0.717, 1.165) is 112 Å². The lowest BCUT2D eigenvalue weighted by atomic mass is 9.99. The lowest BCUT2D eigenvalue weighted by molar-refractivity contribution is -0.150. The van der Waals surface area contributed by atoms with Crippen LogP contribution >= 0.6 is 0 Å². The molecule has 1 unspecified atom stereocenters. The Morgan fingerprint density at radius 2 is 0.657 bits per heavy atom. The van der Waals surface area contributed by atoms with E-state index >= 15 is 0 Å². The molecule has 3 aliphatic rings. The Hall–Kier alpha value is -12.9. The first-order chi connectivity index (χ1) is 63.6. The standard InChI is InChI=1S/2C32H38F3N7O3.C32H38F3N7O2/c2*1-19-14-27(45-5)25(31(44)39-19)17-38-30(43)24-15-26-23(22-6-7-28(36-4)37-16-22)8-9-42(26)29(20(24)2)21(3)41-12-10-40(11-13-41)18-32(33,34)35;1-19-14-20(2)39-31(44)26(19)17-38-30(43)25-15-27-24(23-6-7-28(36-5)37-16-23)8-9-42(27)29(21(25)3)22(4)41-12-10-40(11-13-41)18-32(33,34)35/h2*6-9,14-16,21H,10-13,17-18H2,1-5H3,(H,36,37)(H,38,43)(H,39,44);6-9,14-16,22H,10-13,17-18H2,1-5H3,(H,36,37)(H,38,43)(H,39,44)/t2*21-;/m10./s1. The van der Waals surface area contributed by atoms with Gasteiger partial charge in [-0.25, -0.2) is 15.0 Å². The van der Waals surface area contributed by atoms with E-state index in [-0.39, 0.29) is 72.2 Å². The van der Waals surface area contributed by atoms with Crippen molar-refractivity contribution in [3.8, 4) is 44.9 Å². The molecule has 9 N–H and O–H groups in total. The van der Waals surface area contributed by atoms with Crippen LogP contribution in [0.1, 0.15) is 143 Å². The van der Waals surface area contributed by atoms with Crippen molar-refractivity contribution in [2.45, 2.75) is 126 Å². The van der Waals surface area contributed by atoms with E-state index < -0.39 is 38.2 Å². The predicted octanol–water partition coefficient (Wildman–Crippen LogP) is 13.9. The third-order valence-corrected chi connectivity index (χ3v) is 25.4. The number of aromatic amines is 3. The van der Waals surface area contributed by atoms with E-state index in [9.17, 15) is 68.3 Å². The van der Waals surface area contributed by atoms with Gasteiger partial charge in [-0.3, -0.25) is 58.2 Å². The second-order valence-corrected chi connectivity index (χ2v) is 34.2. The van der Waals surface area contributed by atoms with Crippen LogP contribution in [0.5, 0.6) is 11.5 Å². The van der Waals surface area contributed by atoms with Gasteiger partial charge in [-0.15, -0.1) is 0 Å². The molecule has 3 fully saturated rings. The Labute approximate surface area is 768 Å². The quantitative estimate of drug-likeness (QED) is 0.0228. The number of piperazine rings is 3. The van der Waals surface area contributed by atoms with E-state index in [4.69, 9.17) is 9.47 Å². The van der Waals surface area contributed by atoms with Crippen molar-refractivity contribution in [2.75, 3.05) is 149 Å². The van der Waals surface area contributed by atoms with Crippen LogP contribution in [0.3, 0.4) is 0 Å². The topological polar surface area (TPSA) is 312 Å². The third kappa shape index (κ3) is 22.8. The zero-order valence-electron chi connectivity index (χ0n) is 77.6. The smallest absolute Gasteiger partial charge is 0.401 e. The Balaban J connectivity index is 0.000000170. The van der Waals surface area contributed by atoms with Crippen molar-refractivity contribution in [2.24, 2.45) is 0 Å². The molecule has 0 saturated carbocycles. The minimum absolute atomic E-state index is 0.0441. The van der Waals surface area contributed by atoms with E-state index in [1.807, 2.05) is 162 Å². The van der Waals surface area contributed by atoms with Crippen molar-refractivity contribution >= 4 is 51.7 Å². The van der Waals surface area contributed by atoms with Gasteiger partial charge in [0.1, 0.15) is 29.0 Å². The summed E-state index contributed by atoms with van der Waals surface area (Å²) in [7, 11) is 8.33. The average molecular weight is 1860 g/mol. The second kappa shape index (κ2) is 41.7. The normalized spacial score (nSPS) is 15.3. The highest BCUT2D eigenvalue weighted by molar-refractivity contribution is 6.01. The number of rotatable bonds is 26. The molecule has 3 atom stereocenters. The number of aromatic nitrogens is 9. The van der Waals surface area contributed by atoms with Gasteiger partial charge in [-0.05, 0) is 182 Å². The van der Waals surface area contributed by atoms with Gasteiger partial charge in [0.05, 0.1) is 74.6 Å². The minimum atomic E-state index is -4.24. The number of hydrogen-bond donors (Lipinski definition) is 9. The maximum atomic E-state index is 13.8. The number of nitrogens with one attached hydrogen (secondary N) is 9. The molecule has 0 radical (unpaired) electrons. The van der Waals surface area contributed by atoms with Crippen LogP contribution < -0.4 is 58.1 Å². The van der Waals surface area contributed by atoms with E-state index in [2.05, 4.69) is 80.9 Å². The third-order valence-electron chi connectivity index (χ3n) is 25.4. The molecule has 0 bridgehead atoms. The molecule has 15 heterocycles. The SMILES string of the molecule is CNc1ccc(-c2ccn3c(C(C)N4CCN(CC(F)(F)F)CC4)c(C)c(C(=O)NCc4c(C)cc(C)[nH]c4=O)cc23)cn1.CNc1ccc(-c2ccn3c([C@@H](C)N4CCN(CC(F)(F)F)CC4)c(C)c(C(=O)NCc4c(OC)cc(C)[nH]c4=O)cc23)cn1.CNc1ccc(-c2ccn3c([C@H](C)N4CCN(CC(F)(F)F)CC4)c(C)c(C(=O)NCc4c(OC)cc(C)[nH]c4=O)cc23)cn1. The predicted molar refractivity (Wildman–Crippen MR) is 499 cm³/mol. The fourth-order valence-corrected chi connectivity index (χ4v) is 18.4. The summed E-state index contributed by atoms with van der Waals surface area (Å²) in [4.78, 5) is 112. The summed E-state index contributed by atoms with van der Waals surface area (Å²) >= 11 is 0. The van der Waals surface area contributed by atoms with E-state index in [1.165, 1.54) is 28.9 Å². The maximum Gasteiger partial charge on any atom is 0.401 e. The molecule has 0 aromatic carbocycles. The fraction of sp³-hybridized carbons (Fsp3) is 0.406. The zero-order chi connectivity index (χ0) is 96.7. The van der Waals surface area contributed by atoms with Crippen LogP contribution in [-0.2, 0) is 19.6 Å². The van der Waals surface area contributed by atoms with Crippen molar-refractivity contribution in [1.82, 2.24) is 88.5 Å². The number of aryl methyl sites for hydroxylation is 4. The Bertz CT molecular complexity index is 6160. The lowest BCUT2D eigenvalue weighted by Crippen LogP contribution is -2.49. The Kier molecular flexibility index (Phi) is 30.7. The molecule has 12 aromatic rings. The number of carbonyl (C=O) groups excluding carboxylic acids is 3. The van der Waals surface area contributed by atoms with Crippen molar-refractivity contribution in [3.63, 3.8) is 0 Å². The zero-order valence-corrected chi connectivity index (χ0v) is 77.6. The van der Waals surface area contributed by atoms with Crippen LogP contribution in [0.15, 0.2) is 143 Å². The van der Waals surface area contributed by atoms with Crippen LogP contribution in [0.25, 0.3) is 49.9 Å². The molecule has 3 aliphatic heterocycles. The van der Waals surface area contributed by atoms with Gasteiger partial charge in [0.15, 0.2) is 0 Å². The van der Waals surface area contributed by atoms with Gasteiger partial charge in [0, 0.05) is 251 Å². The van der Waals surface area contributed by atoms with Crippen molar-refractivity contribution < 1.29 is 63.4 Å². The van der Waals surface area contributed by atoms with Crippen LogP contribution in [0.2, 0.25) is 0 Å². The summed E-state index contributed by atoms with van der Waals surface area (Å²) in [5.74, 6) is 1.89. The highest BCUT2D eigenvalue weighted by atomic mass is 19.4. The highest BCUT2D eigenvalue weighted by Gasteiger charge is 2.39. The number of alkyl halides is 9. The molecule has 0 spiro atoms. The number of H-pyrrole nitrogens is 3. The molecule has 12 aromatic heterocycles. The van der Waals surface area contributed by atoms with Gasteiger partial charge in [-0.2, -0.15) is 39.5 Å². The Morgan fingerprint density at radius 1 is 0.388 bits per heavy atom. The van der Waals surface area contributed by atoms with Crippen LogP contribution in [0.4, 0.5) is 57.0 Å². The largest absolute Gasteiger partial charge is 0.496 e. The Morgan fingerprint density at radius 3 is 0.903 bits per heavy atom.